The van der Waals surface area contributed by atoms with E-state index in [0.29, 0.717) is 11.4 Å². The summed E-state index contributed by atoms with van der Waals surface area (Å²) in [5.41, 5.74) is 3.91. The van der Waals surface area contributed by atoms with Crippen molar-refractivity contribution in [3.05, 3.63) is 58.4 Å². The predicted octanol–water partition coefficient (Wildman–Crippen LogP) is 2.73. The number of carbonyl (C=O) groups excluding carboxylic acids is 1. The van der Waals surface area contributed by atoms with Crippen LogP contribution in [-0.4, -0.2) is 16.1 Å². The van der Waals surface area contributed by atoms with E-state index in [1.807, 2.05) is 44.2 Å². The normalized spacial score (nSPS) is 10.6. The summed E-state index contributed by atoms with van der Waals surface area (Å²) < 4.78 is 5.30. The second-order valence-corrected chi connectivity index (χ2v) is 4.66. The Morgan fingerprint density at radius 2 is 2.00 bits per heavy atom. The summed E-state index contributed by atoms with van der Waals surface area (Å²) in [6.07, 6.45) is 0.768. The minimum absolute atomic E-state index is 0.101. The average molecular weight is 273 g/mol. The number of aliphatic hydroxyl groups is 1. The van der Waals surface area contributed by atoms with Gasteiger partial charge in [0, 0.05) is 5.69 Å². The quantitative estimate of drug-likeness (QED) is 0.823. The zero-order valence-electron chi connectivity index (χ0n) is 11.8. The summed E-state index contributed by atoms with van der Waals surface area (Å²) in [4.78, 5) is 15.1. The molecule has 0 saturated heterocycles. The molecule has 2 N–H and O–H groups in total. The Morgan fingerprint density at radius 1 is 1.30 bits per heavy atom. The van der Waals surface area contributed by atoms with Crippen molar-refractivity contribution in [2.45, 2.75) is 33.5 Å². The van der Waals surface area contributed by atoms with Gasteiger partial charge >= 0.3 is 5.97 Å². The van der Waals surface area contributed by atoms with Crippen LogP contribution in [0.15, 0.2) is 30.3 Å². The number of aromatic nitrogens is 1. The molecule has 0 aliphatic carbocycles. The van der Waals surface area contributed by atoms with Crippen molar-refractivity contribution in [3.63, 3.8) is 0 Å². The smallest absolute Gasteiger partial charge is 0.355 e. The first-order valence-electron chi connectivity index (χ1n) is 6.69. The summed E-state index contributed by atoms with van der Waals surface area (Å²) in [7, 11) is 0. The van der Waals surface area contributed by atoms with Crippen LogP contribution in [0.1, 0.15) is 39.8 Å². The van der Waals surface area contributed by atoms with Gasteiger partial charge in [-0.1, -0.05) is 37.3 Å². The van der Waals surface area contributed by atoms with Gasteiger partial charge in [-0.25, -0.2) is 4.79 Å². The van der Waals surface area contributed by atoms with Crippen LogP contribution in [0.2, 0.25) is 0 Å². The maximum atomic E-state index is 12.1. The van der Waals surface area contributed by atoms with Crippen molar-refractivity contribution < 1.29 is 14.6 Å². The van der Waals surface area contributed by atoms with Crippen molar-refractivity contribution >= 4 is 5.97 Å². The third kappa shape index (κ3) is 2.91. The second-order valence-electron chi connectivity index (χ2n) is 4.66. The number of H-pyrrole nitrogens is 1. The lowest BCUT2D eigenvalue weighted by molar-refractivity contribution is 0.0465. The molecule has 0 amide bonds. The van der Waals surface area contributed by atoms with Gasteiger partial charge < -0.3 is 14.8 Å². The number of esters is 1. The van der Waals surface area contributed by atoms with E-state index in [4.69, 9.17) is 4.74 Å². The van der Waals surface area contributed by atoms with E-state index in [2.05, 4.69) is 4.98 Å². The standard InChI is InChI=1S/C16H19NO3/c1-3-13-11(2)15(17-14(13)9-18)16(19)20-10-12-7-5-4-6-8-12/h4-8,17-18H,3,9-10H2,1-2H3. The van der Waals surface area contributed by atoms with Gasteiger partial charge in [-0.05, 0) is 30.0 Å². The van der Waals surface area contributed by atoms with Crippen LogP contribution >= 0.6 is 0 Å². The number of hydrogen-bond acceptors (Lipinski definition) is 3. The Balaban J connectivity index is 2.11. The molecule has 0 saturated carbocycles. The number of hydrogen-bond donors (Lipinski definition) is 2. The Labute approximate surface area is 118 Å². The van der Waals surface area contributed by atoms with Gasteiger partial charge in [-0.2, -0.15) is 0 Å². The third-order valence-corrected chi connectivity index (χ3v) is 3.40. The molecular weight excluding hydrogens is 254 g/mol. The number of nitrogens with one attached hydrogen (secondary N) is 1. The molecule has 2 rings (SSSR count). The van der Waals surface area contributed by atoms with Gasteiger partial charge in [0.2, 0.25) is 0 Å². The van der Waals surface area contributed by atoms with Crippen molar-refractivity contribution in [2.24, 2.45) is 0 Å². The second kappa shape index (κ2) is 6.39. The van der Waals surface area contributed by atoms with Gasteiger partial charge in [-0.3, -0.25) is 0 Å². The zero-order valence-corrected chi connectivity index (χ0v) is 11.8. The molecular formula is C16H19NO3. The fraction of sp³-hybridized carbons (Fsp3) is 0.312. The van der Waals surface area contributed by atoms with Gasteiger partial charge in [-0.15, -0.1) is 0 Å². The topological polar surface area (TPSA) is 62.3 Å². The van der Waals surface area contributed by atoms with Crippen molar-refractivity contribution in [1.29, 1.82) is 0 Å². The number of carbonyl (C=O) groups is 1. The highest BCUT2D eigenvalue weighted by molar-refractivity contribution is 5.89. The van der Waals surface area contributed by atoms with E-state index in [1.165, 1.54) is 0 Å². The zero-order chi connectivity index (χ0) is 14.5. The maximum Gasteiger partial charge on any atom is 0.355 e. The SMILES string of the molecule is CCc1c(CO)[nH]c(C(=O)OCc2ccccc2)c1C. The first kappa shape index (κ1) is 14.3. The summed E-state index contributed by atoms with van der Waals surface area (Å²) in [5, 5.41) is 9.29. The van der Waals surface area contributed by atoms with Crippen LogP contribution in [0.5, 0.6) is 0 Å². The molecule has 0 unspecified atom stereocenters. The van der Waals surface area contributed by atoms with E-state index in [0.717, 1.165) is 23.1 Å². The monoisotopic (exact) mass is 273 g/mol. The molecule has 4 nitrogen and oxygen atoms in total. The van der Waals surface area contributed by atoms with Crippen molar-refractivity contribution in [3.8, 4) is 0 Å². The fourth-order valence-electron chi connectivity index (χ4n) is 2.31. The number of aliphatic hydroxyl groups excluding tert-OH is 1. The van der Waals surface area contributed by atoms with Crippen LogP contribution in [0.3, 0.4) is 0 Å². The number of aromatic amines is 1. The Kier molecular flexibility index (Phi) is 4.58. The van der Waals surface area contributed by atoms with E-state index < -0.39 is 0 Å². The summed E-state index contributed by atoms with van der Waals surface area (Å²) in [6.45, 7) is 4.01. The van der Waals surface area contributed by atoms with E-state index in [9.17, 15) is 9.90 Å². The number of benzene rings is 1. The molecule has 0 aliphatic rings. The minimum atomic E-state index is -0.388. The molecule has 106 valence electrons. The van der Waals surface area contributed by atoms with Gasteiger partial charge in [0.1, 0.15) is 12.3 Å². The van der Waals surface area contributed by atoms with Crippen LogP contribution in [0.25, 0.3) is 0 Å². The molecule has 0 aliphatic heterocycles. The van der Waals surface area contributed by atoms with E-state index >= 15 is 0 Å². The average Bonchev–Trinajstić information content (AvgIpc) is 2.82. The Bertz CT molecular complexity index is 587. The number of rotatable bonds is 5. The number of ether oxygens (including phenoxy) is 1. The first-order chi connectivity index (χ1) is 9.67. The Hall–Kier alpha value is -2.07. The molecule has 0 radical (unpaired) electrons. The highest BCUT2D eigenvalue weighted by Crippen LogP contribution is 2.20. The maximum absolute atomic E-state index is 12.1. The van der Waals surface area contributed by atoms with Crippen LogP contribution < -0.4 is 0 Å². The fourth-order valence-corrected chi connectivity index (χ4v) is 2.31. The molecule has 1 aromatic heterocycles. The Morgan fingerprint density at radius 3 is 2.55 bits per heavy atom. The molecule has 0 fully saturated rings. The van der Waals surface area contributed by atoms with Crippen LogP contribution in [-0.2, 0) is 24.4 Å². The van der Waals surface area contributed by atoms with Crippen LogP contribution in [0, 0.1) is 6.92 Å². The summed E-state index contributed by atoms with van der Waals surface area (Å²) in [5.74, 6) is -0.388. The van der Waals surface area contributed by atoms with Gasteiger partial charge in [0.15, 0.2) is 0 Å². The highest BCUT2D eigenvalue weighted by atomic mass is 16.5. The lowest BCUT2D eigenvalue weighted by atomic mass is 10.1. The van der Waals surface area contributed by atoms with E-state index in [-0.39, 0.29) is 19.2 Å². The molecule has 1 heterocycles. The molecule has 4 heteroatoms. The lowest BCUT2D eigenvalue weighted by Gasteiger charge is -2.04. The van der Waals surface area contributed by atoms with Gasteiger partial charge in [0.25, 0.3) is 0 Å². The van der Waals surface area contributed by atoms with E-state index in [1.54, 1.807) is 0 Å². The van der Waals surface area contributed by atoms with Crippen molar-refractivity contribution in [1.82, 2.24) is 4.98 Å². The molecule has 0 atom stereocenters. The van der Waals surface area contributed by atoms with Gasteiger partial charge in [0.05, 0.1) is 6.61 Å². The molecule has 1 aromatic carbocycles. The molecule has 0 bridgehead atoms. The first-order valence-corrected chi connectivity index (χ1v) is 6.69. The molecule has 0 spiro atoms. The lowest BCUT2D eigenvalue weighted by Crippen LogP contribution is -2.07. The predicted molar refractivity (Wildman–Crippen MR) is 76.4 cm³/mol. The van der Waals surface area contributed by atoms with Crippen LogP contribution in [0.4, 0.5) is 0 Å². The molecule has 20 heavy (non-hydrogen) atoms. The molecule has 2 aromatic rings. The largest absolute Gasteiger partial charge is 0.456 e. The highest BCUT2D eigenvalue weighted by Gasteiger charge is 2.18. The van der Waals surface area contributed by atoms with Crippen molar-refractivity contribution in [2.75, 3.05) is 0 Å². The minimum Gasteiger partial charge on any atom is -0.456 e. The third-order valence-electron chi connectivity index (χ3n) is 3.40. The summed E-state index contributed by atoms with van der Waals surface area (Å²) >= 11 is 0. The summed E-state index contributed by atoms with van der Waals surface area (Å²) in [6, 6.07) is 9.54.